The fourth-order valence-electron chi connectivity index (χ4n) is 2.00. The maximum atomic E-state index is 4.17. The predicted octanol–water partition coefficient (Wildman–Crippen LogP) is 6.10. The Morgan fingerprint density at radius 1 is 1.35 bits per heavy atom. The Balaban J connectivity index is 1.79. The normalized spacial score (nSPS) is 15.3. The van der Waals surface area contributed by atoms with Crippen molar-refractivity contribution in [1.29, 1.82) is 0 Å². The zero-order valence-corrected chi connectivity index (χ0v) is 13.9. The first-order valence-corrected chi connectivity index (χ1v) is 8.92. The maximum absolute atomic E-state index is 4.17. The number of hydrogen-bond acceptors (Lipinski definition) is 2. The van der Waals surface area contributed by atoms with E-state index in [4.69, 9.17) is 0 Å². The third-order valence-electron chi connectivity index (χ3n) is 3.31. The number of rotatable bonds is 6. The molecule has 1 aromatic rings. The van der Waals surface area contributed by atoms with Gasteiger partial charge in [0.25, 0.3) is 0 Å². The van der Waals surface area contributed by atoms with Crippen molar-refractivity contribution in [2.45, 2.75) is 33.1 Å². The van der Waals surface area contributed by atoms with E-state index in [1.54, 1.807) is 11.8 Å². The topological polar surface area (TPSA) is 0 Å². The quantitative estimate of drug-likeness (QED) is 0.622. The molecule has 0 radical (unpaired) electrons. The summed E-state index contributed by atoms with van der Waals surface area (Å²) < 4.78 is 0. The van der Waals surface area contributed by atoms with Crippen molar-refractivity contribution in [2.24, 2.45) is 0 Å². The fourth-order valence-corrected chi connectivity index (χ4v) is 3.83. The molecular formula is C18H22S2. The summed E-state index contributed by atoms with van der Waals surface area (Å²) in [5.74, 6) is 1.21. The first-order chi connectivity index (χ1) is 9.65. The van der Waals surface area contributed by atoms with Gasteiger partial charge in [-0.1, -0.05) is 59.8 Å². The summed E-state index contributed by atoms with van der Waals surface area (Å²) in [6.07, 6.45) is 5.73. The monoisotopic (exact) mass is 302 g/mol. The summed E-state index contributed by atoms with van der Waals surface area (Å²) >= 11 is 3.70. The van der Waals surface area contributed by atoms with Gasteiger partial charge >= 0.3 is 0 Å². The lowest BCUT2D eigenvalue weighted by molar-refractivity contribution is 0.943. The molecule has 1 heterocycles. The first kappa shape index (κ1) is 15.5. The van der Waals surface area contributed by atoms with E-state index in [2.05, 4.69) is 56.2 Å². The summed E-state index contributed by atoms with van der Waals surface area (Å²) in [7, 11) is 0. The van der Waals surface area contributed by atoms with Crippen LogP contribution in [0.15, 0.2) is 57.7 Å². The molecule has 1 aliphatic heterocycles. The molecule has 1 aromatic carbocycles. The highest BCUT2D eigenvalue weighted by atomic mass is 32.2. The summed E-state index contributed by atoms with van der Waals surface area (Å²) in [5.41, 5.74) is 4.18. The Kier molecular flexibility index (Phi) is 6.06. The second kappa shape index (κ2) is 7.80. The Morgan fingerprint density at radius 2 is 2.10 bits per heavy atom. The average Bonchev–Trinajstić information content (AvgIpc) is 2.98. The van der Waals surface area contributed by atoms with Crippen LogP contribution in [-0.2, 0) is 6.42 Å². The summed E-state index contributed by atoms with van der Waals surface area (Å²) in [6.45, 7) is 8.51. The van der Waals surface area contributed by atoms with Gasteiger partial charge in [0.15, 0.2) is 0 Å². The van der Waals surface area contributed by atoms with Gasteiger partial charge in [-0.15, -0.1) is 11.8 Å². The van der Waals surface area contributed by atoms with E-state index in [-0.39, 0.29) is 0 Å². The van der Waals surface area contributed by atoms with Crippen LogP contribution >= 0.6 is 23.5 Å². The van der Waals surface area contributed by atoms with Gasteiger partial charge < -0.3 is 0 Å². The van der Waals surface area contributed by atoms with E-state index >= 15 is 0 Å². The van der Waals surface area contributed by atoms with Gasteiger partial charge in [0.05, 0.1) is 0 Å². The number of benzene rings is 1. The van der Waals surface area contributed by atoms with Gasteiger partial charge in [0.1, 0.15) is 0 Å². The molecule has 106 valence electrons. The number of thioether (sulfide) groups is 2. The smallest absolute Gasteiger partial charge is 0.0177 e. The molecule has 0 atom stereocenters. The van der Waals surface area contributed by atoms with Crippen LogP contribution in [0.4, 0.5) is 0 Å². The first-order valence-electron chi connectivity index (χ1n) is 7.05. The van der Waals surface area contributed by atoms with E-state index in [1.165, 1.54) is 38.7 Å². The lowest BCUT2D eigenvalue weighted by Gasteiger charge is -2.05. The molecule has 0 fully saturated rings. The summed E-state index contributed by atoms with van der Waals surface area (Å²) in [6, 6.07) is 8.84. The highest BCUT2D eigenvalue weighted by Crippen LogP contribution is 2.36. The molecule has 0 aliphatic carbocycles. The second-order valence-electron chi connectivity index (χ2n) is 5.20. The third-order valence-corrected chi connectivity index (χ3v) is 5.63. The summed E-state index contributed by atoms with van der Waals surface area (Å²) in [5, 5.41) is 2.26. The van der Waals surface area contributed by atoms with Gasteiger partial charge in [0, 0.05) is 15.6 Å². The Morgan fingerprint density at radius 3 is 2.75 bits per heavy atom. The second-order valence-corrected chi connectivity index (χ2v) is 7.30. The Labute approximate surface area is 131 Å². The molecule has 2 rings (SSSR count). The van der Waals surface area contributed by atoms with Crippen LogP contribution in [0.25, 0.3) is 0 Å². The number of hydrogen-bond donors (Lipinski definition) is 0. The van der Waals surface area contributed by atoms with Crippen molar-refractivity contribution in [3.63, 3.8) is 0 Å². The minimum Gasteiger partial charge on any atom is -0.125 e. The molecule has 0 bridgehead atoms. The highest BCUT2D eigenvalue weighted by molar-refractivity contribution is 8.09. The van der Waals surface area contributed by atoms with Gasteiger partial charge in [-0.05, 0) is 44.1 Å². The average molecular weight is 303 g/mol. The third kappa shape index (κ3) is 4.92. The maximum Gasteiger partial charge on any atom is 0.0177 e. The standard InChI is InChI=1S/C18H22S2/c1-14-6-9-17(10-7-14)11-8-15(2)13-20-16(3)18-5-4-12-19-18/h5-7,9-10,13H,3-4,8,11-12H2,1-2H3/b15-13+. The number of allylic oxidation sites excluding steroid dienone is 2. The van der Waals surface area contributed by atoms with E-state index < -0.39 is 0 Å². The summed E-state index contributed by atoms with van der Waals surface area (Å²) in [4.78, 5) is 2.57. The predicted molar refractivity (Wildman–Crippen MR) is 95.1 cm³/mol. The van der Waals surface area contributed by atoms with Crippen LogP contribution in [0.1, 0.15) is 30.9 Å². The van der Waals surface area contributed by atoms with Crippen molar-refractivity contribution in [2.75, 3.05) is 5.75 Å². The van der Waals surface area contributed by atoms with E-state index in [0.29, 0.717) is 0 Å². The molecule has 0 saturated carbocycles. The van der Waals surface area contributed by atoms with Crippen LogP contribution in [-0.4, -0.2) is 5.75 Å². The molecule has 0 aromatic heterocycles. The van der Waals surface area contributed by atoms with E-state index in [9.17, 15) is 0 Å². The van der Waals surface area contributed by atoms with Crippen molar-refractivity contribution in [3.05, 3.63) is 68.8 Å². The van der Waals surface area contributed by atoms with Crippen LogP contribution in [0.3, 0.4) is 0 Å². The molecule has 0 amide bonds. The Bertz CT molecular complexity index is 521. The van der Waals surface area contributed by atoms with Crippen LogP contribution in [0.5, 0.6) is 0 Å². The lowest BCUT2D eigenvalue weighted by Crippen LogP contribution is -1.86. The van der Waals surface area contributed by atoms with E-state index in [1.807, 2.05) is 11.8 Å². The molecule has 0 N–H and O–H groups in total. The fraction of sp³-hybridized carbons (Fsp3) is 0.333. The minimum absolute atomic E-state index is 1.12. The van der Waals surface area contributed by atoms with Crippen molar-refractivity contribution in [1.82, 2.24) is 0 Å². The van der Waals surface area contributed by atoms with Gasteiger partial charge in [-0.25, -0.2) is 0 Å². The molecule has 2 heteroatoms. The highest BCUT2D eigenvalue weighted by Gasteiger charge is 2.08. The van der Waals surface area contributed by atoms with E-state index in [0.717, 1.165) is 12.8 Å². The van der Waals surface area contributed by atoms with Gasteiger partial charge in [-0.2, -0.15) is 0 Å². The molecule has 20 heavy (non-hydrogen) atoms. The molecule has 0 unspecified atom stereocenters. The Hall–Kier alpha value is -0.860. The van der Waals surface area contributed by atoms with Crippen molar-refractivity contribution < 1.29 is 0 Å². The molecule has 0 saturated heterocycles. The van der Waals surface area contributed by atoms with Crippen molar-refractivity contribution >= 4 is 23.5 Å². The largest absolute Gasteiger partial charge is 0.125 e. The van der Waals surface area contributed by atoms with Crippen LogP contribution in [0.2, 0.25) is 0 Å². The molecular weight excluding hydrogens is 280 g/mol. The molecule has 0 spiro atoms. The molecule has 1 aliphatic rings. The lowest BCUT2D eigenvalue weighted by atomic mass is 10.1. The minimum atomic E-state index is 1.12. The van der Waals surface area contributed by atoms with Crippen LogP contribution < -0.4 is 0 Å². The number of aryl methyl sites for hydroxylation is 2. The zero-order valence-electron chi connectivity index (χ0n) is 12.3. The zero-order chi connectivity index (χ0) is 14.4. The van der Waals surface area contributed by atoms with Gasteiger partial charge in [-0.3, -0.25) is 0 Å². The van der Waals surface area contributed by atoms with Gasteiger partial charge in [0.2, 0.25) is 0 Å². The van der Waals surface area contributed by atoms with Crippen molar-refractivity contribution in [3.8, 4) is 0 Å². The SMILES string of the molecule is C=C(S/C=C(\C)CCc1ccc(C)cc1)C1=CCCS1. The molecule has 0 nitrogen and oxygen atoms in total. The van der Waals surface area contributed by atoms with Crippen LogP contribution in [0, 0.1) is 6.92 Å².